The highest BCUT2D eigenvalue weighted by molar-refractivity contribution is 5.74. The fourth-order valence-electron chi connectivity index (χ4n) is 1.75. The first-order chi connectivity index (χ1) is 6.83. The van der Waals surface area contributed by atoms with Crippen LogP contribution in [0, 0.1) is 0 Å². The van der Waals surface area contributed by atoms with Gasteiger partial charge in [0.05, 0.1) is 6.61 Å². The minimum absolute atomic E-state index is 0.0612. The number of carbonyl (C=O) groups excluding carboxylic acids is 1. The van der Waals surface area contributed by atoms with E-state index in [-0.39, 0.29) is 6.03 Å². The number of amides is 2. The van der Waals surface area contributed by atoms with Crippen LogP contribution in [0.15, 0.2) is 0 Å². The van der Waals surface area contributed by atoms with Crippen molar-refractivity contribution in [3.63, 3.8) is 0 Å². The van der Waals surface area contributed by atoms with Crippen molar-refractivity contribution >= 4 is 6.03 Å². The molecule has 82 valence electrons. The number of rotatable bonds is 4. The van der Waals surface area contributed by atoms with Crippen LogP contribution in [-0.2, 0) is 4.74 Å². The summed E-state index contributed by atoms with van der Waals surface area (Å²) in [5, 5.41) is 5.73. The Labute approximate surface area is 85.4 Å². The summed E-state index contributed by atoms with van der Waals surface area (Å²) >= 11 is 0. The van der Waals surface area contributed by atoms with E-state index in [0.717, 1.165) is 12.8 Å². The van der Waals surface area contributed by atoms with E-state index in [0.29, 0.717) is 19.2 Å². The van der Waals surface area contributed by atoms with E-state index >= 15 is 0 Å². The number of hydrogen-bond acceptors (Lipinski definition) is 2. The fraction of sp³-hybridized carbons (Fsp3) is 0.900. The second-order valence-electron chi connectivity index (χ2n) is 3.73. The van der Waals surface area contributed by atoms with Gasteiger partial charge in [0.1, 0.15) is 0 Å². The lowest BCUT2D eigenvalue weighted by Crippen LogP contribution is -2.43. The van der Waals surface area contributed by atoms with Crippen molar-refractivity contribution in [2.45, 2.75) is 38.1 Å². The highest BCUT2D eigenvalue weighted by Gasteiger charge is 2.14. The number of methoxy groups -OCH3 is 1. The fourth-order valence-corrected chi connectivity index (χ4v) is 1.75. The zero-order valence-corrected chi connectivity index (χ0v) is 8.84. The lowest BCUT2D eigenvalue weighted by molar-refractivity contribution is 0.194. The van der Waals surface area contributed by atoms with Gasteiger partial charge in [-0.1, -0.05) is 19.3 Å². The molecule has 0 aromatic carbocycles. The third kappa shape index (κ3) is 4.46. The summed E-state index contributed by atoms with van der Waals surface area (Å²) in [5.41, 5.74) is 0. The first-order valence-electron chi connectivity index (χ1n) is 5.36. The van der Waals surface area contributed by atoms with Gasteiger partial charge in [-0.05, 0) is 12.8 Å². The van der Waals surface area contributed by atoms with E-state index in [9.17, 15) is 4.79 Å². The topological polar surface area (TPSA) is 50.4 Å². The highest BCUT2D eigenvalue weighted by Crippen LogP contribution is 2.16. The number of carbonyl (C=O) groups is 1. The summed E-state index contributed by atoms with van der Waals surface area (Å²) in [6.45, 7) is 1.15. The molecule has 0 aliphatic heterocycles. The molecule has 4 nitrogen and oxygen atoms in total. The molecule has 4 heteroatoms. The molecule has 0 atom stereocenters. The molecule has 14 heavy (non-hydrogen) atoms. The molecule has 0 heterocycles. The smallest absolute Gasteiger partial charge is 0.315 e. The monoisotopic (exact) mass is 200 g/mol. The molecular weight excluding hydrogens is 180 g/mol. The lowest BCUT2D eigenvalue weighted by Gasteiger charge is -2.22. The number of ether oxygens (including phenoxy) is 1. The molecule has 0 bridgehead atoms. The summed E-state index contributed by atoms with van der Waals surface area (Å²) in [6.07, 6.45) is 6.03. The average Bonchev–Trinajstić information content (AvgIpc) is 2.20. The highest BCUT2D eigenvalue weighted by atomic mass is 16.5. The van der Waals surface area contributed by atoms with Crippen molar-refractivity contribution in [2.24, 2.45) is 0 Å². The molecule has 1 rings (SSSR count). The Morgan fingerprint density at radius 3 is 2.71 bits per heavy atom. The van der Waals surface area contributed by atoms with Crippen LogP contribution in [0.5, 0.6) is 0 Å². The third-order valence-corrected chi connectivity index (χ3v) is 2.53. The van der Waals surface area contributed by atoms with Crippen LogP contribution >= 0.6 is 0 Å². The Balaban J connectivity index is 2.06. The molecule has 2 amide bonds. The van der Waals surface area contributed by atoms with Crippen LogP contribution in [0.1, 0.15) is 32.1 Å². The van der Waals surface area contributed by atoms with Crippen molar-refractivity contribution in [3.05, 3.63) is 0 Å². The summed E-state index contributed by atoms with van der Waals surface area (Å²) in [6, 6.07) is 0.320. The molecular formula is C10H20N2O2. The minimum atomic E-state index is -0.0612. The van der Waals surface area contributed by atoms with Gasteiger partial charge in [-0.2, -0.15) is 0 Å². The van der Waals surface area contributed by atoms with Gasteiger partial charge in [0.25, 0.3) is 0 Å². The second kappa shape index (κ2) is 6.65. The van der Waals surface area contributed by atoms with E-state index in [1.165, 1.54) is 19.3 Å². The Bertz CT molecular complexity index is 168. The van der Waals surface area contributed by atoms with Gasteiger partial charge in [0.2, 0.25) is 0 Å². The molecule has 1 saturated carbocycles. The van der Waals surface area contributed by atoms with Crippen LogP contribution in [0.3, 0.4) is 0 Å². The standard InChI is InChI=1S/C10H20N2O2/c1-14-8-7-11-10(13)12-9-5-3-2-4-6-9/h9H,2-8H2,1H3,(H2,11,12,13). The van der Waals surface area contributed by atoms with Crippen LogP contribution in [-0.4, -0.2) is 32.3 Å². The first-order valence-corrected chi connectivity index (χ1v) is 5.36. The van der Waals surface area contributed by atoms with Crippen molar-refractivity contribution in [1.82, 2.24) is 10.6 Å². The van der Waals surface area contributed by atoms with Crippen LogP contribution in [0.25, 0.3) is 0 Å². The predicted octanol–water partition coefficient (Wildman–Crippen LogP) is 1.26. The molecule has 0 aromatic heterocycles. The Morgan fingerprint density at radius 1 is 1.36 bits per heavy atom. The summed E-state index contributed by atoms with van der Waals surface area (Å²) in [4.78, 5) is 11.3. The van der Waals surface area contributed by atoms with Crippen molar-refractivity contribution in [3.8, 4) is 0 Å². The Hall–Kier alpha value is -0.770. The molecule has 2 N–H and O–H groups in total. The summed E-state index contributed by atoms with van der Waals surface area (Å²) < 4.78 is 4.84. The lowest BCUT2D eigenvalue weighted by atomic mass is 9.96. The molecule has 0 radical (unpaired) electrons. The average molecular weight is 200 g/mol. The van der Waals surface area contributed by atoms with Gasteiger partial charge in [-0.3, -0.25) is 0 Å². The van der Waals surface area contributed by atoms with Crippen LogP contribution < -0.4 is 10.6 Å². The largest absolute Gasteiger partial charge is 0.383 e. The van der Waals surface area contributed by atoms with E-state index in [2.05, 4.69) is 10.6 Å². The Kier molecular flexibility index (Phi) is 5.37. The first kappa shape index (κ1) is 11.3. The van der Waals surface area contributed by atoms with Gasteiger partial charge in [-0.25, -0.2) is 4.79 Å². The zero-order valence-electron chi connectivity index (χ0n) is 8.84. The van der Waals surface area contributed by atoms with Gasteiger partial charge >= 0.3 is 6.03 Å². The quantitative estimate of drug-likeness (QED) is 0.671. The number of nitrogens with one attached hydrogen (secondary N) is 2. The van der Waals surface area contributed by atoms with E-state index < -0.39 is 0 Å². The molecule has 1 aliphatic carbocycles. The molecule has 0 unspecified atom stereocenters. The van der Waals surface area contributed by atoms with E-state index in [1.807, 2.05) is 0 Å². The maximum atomic E-state index is 11.3. The van der Waals surface area contributed by atoms with Crippen LogP contribution in [0.2, 0.25) is 0 Å². The summed E-state index contributed by atoms with van der Waals surface area (Å²) in [5.74, 6) is 0. The summed E-state index contributed by atoms with van der Waals surface area (Å²) in [7, 11) is 1.63. The zero-order chi connectivity index (χ0) is 10.2. The van der Waals surface area contributed by atoms with Gasteiger partial charge in [0, 0.05) is 19.7 Å². The van der Waals surface area contributed by atoms with Gasteiger partial charge in [-0.15, -0.1) is 0 Å². The van der Waals surface area contributed by atoms with Gasteiger partial charge in [0.15, 0.2) is 0 Å². The third-order valence-electron chi connectivity index (χ3n) is 2.53. The maximum Gasteiger partial charge on any atom is 0.315 e. The van der Waals surface area contributed by atoms with E-state index in [1.54, 1.807) is 7.11 Å². The molecule has 0 aromatic rings. The van der Waals surface area contributed by atoms with Crippen molar-refractivity contribution in [2.75, 3.05) is 20.3 Å². The second-order valence-corrected chi connectivity index (χ2v) is 3.73. The Morgan fingerprint density at radius 2 is 2.07 bits per heavy atom. The molecule has 1 fully saturated rings. The molecule has 0 saturated heterocycles. The van der Waals surface area contributed by atoms with E-state index in [4.69, 9.17) is 4.74 Å². The van der Waals surface area contributed by atoms with Crippen molar-refractivity contribution in [1.29, 1.82) is 0 Å². The number of hydrogen-bond donors (Lipinski definition) is 2. The van der Waals surface area contributed by atoms with Crippen LogP contribution in [0.4, 0.5) is 4.79 Å². The minimum Gasteiger partial charge on any atom is -0.383 e. The normalized spacial score (nSPS) is 17.8. The van der Waals surface area contributed by atoms with Gasteiger partial charge < -0.3 is 15.4 Å². The number of urea groups is 1. The van der Waals surface area contributed by atoms with Crippen molar-refractivity contribution < 1.29 is 9.53 Å². The molecule has 1 aliphatic rings. The predicted molar refractivity (Wildman–Crippen MR) is 55.3 cm³/mol. The maximum absolute atomic E-state index is 11.3. The SMILES string of the molecule is COCCNC(=O)NC1CCCCC1. The molecule has 0 spiro atoms.